The summed E-state index contributed by atoms with van der Waals surface area (Å²) in [6, 6.07) is 11.7. The van der Waals surface area contributed by atoms with E-state index in [1.165, 1.54) is 11.1 Å². The molecule has 2 aromatic rings. The maximum absolute atomic E-state index is 12.1. The first kappa shape index (κ1) is 15.3. The van der Waals surface area contributed by atoms with Gasteiger partial charge in [-0.2, -0.15) is 0 Å². The molecule has 1 unspecified atom stereocenters. The predicted molar refractivity (Wildman–Crippen MR) is 82.7 cm³/mol. The van der Waals surface area contributed by atoms with Gasteiger partial charge in [-0.25, -0.2) is 0 Å². The number of hydrogen-bond acceptors (Lipinski definition) is 3. The van der Waals surface area contributed by atoms with Gasteiger partial charge in [0.05, 0.1) is 18.8 Å². The normalized spacial score (nSPS) is 13.7. The second-order valence-corrected chi connectivity index (χ2v) is 5.26. The van der Waals surface area contributed by atoms with Crippen LogP contribution in [-0.4, -0.2) is 11.9 Å². The molecule has 1 aromatic carbocycles. The van der Waals surface area contributed by atoms with Gasteiger partial charge in [0, 0.05) is 6.04 Å². The number of carbonyl (C=O) groups is 1. The molecule has 1 amide bonds. The maximum Gasteiger partial charge on any atom is 0.237 e. The number of benzene rings is 1. The molecule has 1 aromatic heterocycles. The first-order chi connectivity index (χ1) is 10.1. The van der Waals surface area contributed by atoms with Crippen LogP contribution in [0.5, 0.6) is 0 Å². The minimum Gasteiger partial charge on any atom is -0.467 e. The van der Waals surface area contributed by atoms with Crippen molar-refractivity contribution < 1.29 is 9.21 Å². The Bertz CT molecular complexity index is 578. The minimum absolute atomic E-state index is 0.0353. The molecular formula is C17H22N2O2. The van der Waals surface area contributed by atoms with Crippen LogP contribution in [0, 0.1) is 6.92 Å². The molecule has 0 spiro atoms. The minimum atomic E-state index is -0.269. The topological polar surface area (TPSA) is 54.3 Å². The highest BCUT2D eigenvalue weighted by Crippen LogP contribution is 2.17. The van der Waals surface area contributed by atoms with E-state index in [1.807, 2.05) is 31.2 Å². The van der Waals surface area contributed by atoms with Gasteiger partial charge in [0.2, 0.25) is 5.91 Å². The first-order valence-electron chi connectivity index (χ1n) is 7.19. The Kier molecular flexibility index (Phi) is 5.17. The monoisotopic (exact) mass is 286 g/mol. The van der Waals surface area contributed by atoms with E-state index in [2.05, 4.69) is 36.6 Å². The van der Waals surface area contributed by atoms with E-state index < -0.39 is 0 Å². The zero-order chi connectivity index (χ0) is 15.2. The molecule has 0 aliphatic rings. The molecule has 21 heavy (non-hydrogen) atoms. The number of rotatable bonds is 6. The molecule has 2 N–H and O–H groups in total. The van der Waals surface area contributed by atoms with Gasteiger partial charge in [-0.1, -0.05) is 24.3 Å². The van der Waals surface area contributed by atoms with Crippen molar-refractivity contribution in [1.82, 2.24) is 10.6 Å². The molecule has 0 fully saturated rings. The summed E-state index contributed by atoms with van der Waals surface area (Å²) in [6.45, 7) is 6.43. The summed E-state index contributed by atoms with van der Waals surface area (Å²) < 4.78 is 5.19. The second kappa shape index (κ2) is 7.09. The number of furan rings is 1. The molecule has 0 radical (unpaired) electrons. The Morgan fingerprint density at radius 2 is 1.95 bits per heavy atom. The molecule has 0 aliphatic carbocycles. The van der Waals surface area contributed by atoms with Gasteiger partial charge in [-0.3, -0.25) is 10.1 Å². The summed E-state index contributed by atoms with van der Waals surface area (Å²) in [7, 11) is 0. The Morgan fingerprint density at radius 3 is 2.62 bits per heavy atom. The molecule has 4 nitrogen and oxygen atoms in total. The Morgan fingerprint density at radius 1 is 1.19 bits per heavy atom. The lowest BCUT2D eigenvalue weighted by Crippen LogP contribution is -2.42. The lowest BCUT2D eigenvalue weighted by molar-refractivity contribution is -0.123. The summed E-state index contributed by atoms with van der Waals surface area (Å²) >= 11 is 0. The molecular weight excluding hydrogens is 264 g/mol. The van der Waals surface area contributed by atoms with Crippen molar-refractivity contribution in [3.05, 3.63) is 59.5 Å². The molecule has 4 heteroatoms. The highest BCUT2D eigenvalue weighted by molar-refractivity contribution is 5.81. The average Bonchev–Trinajstić information content (AvgIpc) is 2.98. The van der Waals surface area contributed by atoms with Gasteiger partial charge in [-0.05, 0) is 44.0 Å². The third kappa shape index (κ3) is 4.20. The molecule has 0 bridgehead atoms. The quantitative estimate of drug-likeness (QED) is 0.858. The summed E-state index contributed by atoms with van der Waals surface area (Å²) in [5, 5.41) is 6.19. The molecule has 1 heterocycles. The predicted octanol–water partition coefficient (Wildman–Crippen LogP) is 2.94. The number of hydrogen-bond donors (Lipinski definition) is 2. The Hall–Kier alpha value is -2.07. The zero-order valence-electron chi connectivity index (χ0n) is 12.7. The molecule has 0 aliphatic heterocycles. The van der Waals surface area contributed by atoms with Gasteiger partial charge in [0.1, 0.15) is 5.76 Å². The van der Waals surface area contributed by atoms with E-state index >= 15 is 0 Å². The molecule has 0 saturated heterocycles. The van der Waals surface area contributed by atoms with E-state index in [1.54, 1.807) is 6.26 Å². The van der Waals surface area contributed by atoms with Crippen LogP contribution in [0.2, 0.25) is 0 Å². The van der Waals surface area contributed by atoms with Crippen LogP contribution in [-0.2, 0) is 11.3 Å². The highest BCUT2D eigenvalue weighted by Gasteiger charge is 2.17. The average molecular weight is 286 g/mol. The largest absolute Gasteiger partial charge is 0.467 e. The summed E-state index contributed by atoms with van der Waals surface area (Å²) in [4.78, 5) is 12.1. The van der Waals surface area contributed by atoms with Crippen molar-refractivity contribution in [2.75, 3.05) is 0 Å². The molecule has 112 valence electrons. The fourth-order valence-corrected chi connectivity index (χ4v) is 2.35. The number of nitrogens with one attached hydrogen (secondary N) is 2. The van der Waals surface area contributed by atoms with Gasteiger partial charge in [0.25, 0.3) is 0 Å². The van der Waals surface area contributed by atoms with E-state index in [-0.39, 0.29) is 18.0 Å². The fourth-order valence-electron chi connectivity index (χ4n) is 2.35. The smallest absolute Gasteiger partial charge is 0.237 e. The van der Waals surface area contributed by atoms with Crippen LogP contribution in [0.15, 0.2) is 47.1 Å². The maximum atomic E-state index is 12.1. The number of amides is 1. The molecule has 0 saturated carbocycles. The SMILES string of the molecule is Cc1ccccc1[C@H](C)NC(C)C(=O)NCc1ccco1. The zero-order valence-corrected chi connectivity index (χ0v) is 12.7. The van der Waals surface area contributed by atoms with Crippen LogP contribution < -0.4 is 10.6 Å². The number of carbonyl (C=O) groups excluding carboxylic acids is 1. The molecule has 2 atom stereocenters. The van der Waals surface area contributed by atoms with Crippen molar-refractivity contribution in [3.63, 3.8) is 0 Å². The van der Waals surface area contributed by atoms with Gasteiger partial charge < -0.3 is 9.73 Å². The van der Waals surface area contributed by atoms with Crippen LogP contribution >= 0.6 is 0 Å². The van der Waals surface area contributed by atoms with Crippen molar-refractivity contribution in [2.24, 2.45) is 0 Å². The third-order valence-corrected chi connectivity index (χ3v) is 3.57. The van der Waals surface area contributed by atoms with E-state index in [0.29, 0.717) is 6.54 Å². The van der Waals surface area contributed by atoms with Crippen molar-refractivity contribution in [1.29, 1.82) is 0 Å². The van der Waals surface area contributed by atoms with Gasteiger partial charge >= 0.3 is 0 Å². The second-order valence-electron chi connectivity index (χ2n) is 5.26. The highest BCUT2D eigenvalue weighted by atomic mass is 16.3. The summed E-state index contributed by atoms with van der Waals surface area (Å²) in [5.41, 5.74) is 2.43. The van der Waals surface area contributed by atoms with Crippen LogP contribution in [0.3, 0.4) is 0 Å². The summed E-state index contributed by atoms with van der Waals surface area (Å²) in [5.74, 6) is 0.717. The van der Waals surface area contributed by atoms with Crippen LogP contribution in [0.4, 0.5) is 0 Å². The Balaban J connectivity index is 1.87. The van der Waals surface area contributed by atoms with Crippen LogP contribution in [0.1, 0.15) is 36.8 Å². The number of aryl methyl sites for hydroxylation is 1. The van der Waals surface area contributed by atoms with E-state index in [4.69, 9.17) is 4.42 Å². The van der Waals surface area contributed by atoms with Crippen molar-refractivity contribution in [2.45, 2.75) is 39.4 Å². The van der Waals surface area contributed by atoms with Gasteiger partial charge in [0.15, 0.2) is 0 Å². The molecule has 2 rings (SSSR count). The standard InChI is InChI=1S/C17H22N2O2/c1-12-7-4-5-9-16(12)13(2)19-14(3)17(20)18-11-15-8-6-10-21-15/h4-10,13-14,19H,11H2,1-3H3,(H,18,20)/t13-,14?/m0/s1. The fraction of sp³-hybridized carbons (Fsp3) is 0.353. The van der Waals surface area contributed by atoms with E-state index in [0.717, 1.165) is 5.76 Å². The lowest BCUT2D eigenvalue weighted by Gasteiger charge is -2.21. The van der Waals surface area contributed by atoms with E-state index in [9.17, 15) is 4.79 Å². The third-order valence-electron chi connectivity index (χ3n) is 3.57. The first-order valence-corrected chi connectivity index (χ1v) is 7.19. The van der Waals surface area contributed by atoms with Crippen molar-refractivity contribution in [3.8, 4) is 0 Å². The van der Waals surface area contributed by atoms with Crippen LogP contribution in [0.25, 0.3) is 0 Å². The Labute approximate surface area is 125 Å². The van der Waals surface area contributed by atoms with Gasteiger partial charge in [-0.15, -0.1) is 0 Å². The van der Waals surface area contributed by atoms with Crippen molar-refractivity contribution >= 4 is 5.91 Å². The summed E-state index contributed by atoms with van der Waals surface area (Å²) in [6.07, 6.45) is 1.60. The lowest BCUT2D eigenvalue weighted by atomic mass is 10.0.